The van der Waals surface area contributed by atoms with E-state index in [1.165, 1.54) is 19.2 Å². The van der Waals surface area contributed by atoms with Crippen LogP contribution in [0.3, 0.4) is 0 Å². The van der Waals surface area contributed by atoms with E-state index < -0.39 is 10.0 Å². The maximum atomic E-state index is 12.6. The third kappa shape index (κ3) is 2.46. The van der Waals surface area contributed by atoms with Crippen LogP contribution in [0, 0.1) is 0 Å². The van der Waals surface area contributed by atoms with E-state index in [2.05, 4.69) is 19.7 Å². The van der Waals surface area contributed by atoms with Gasteiger partial charge in [-0.1, -0.05) is 23.7 Å². The smallest absolute Gasteiger partial charge is 0.264 e. The highest BCUT2D eigenvalue weighted by Crippen LogP contribution is 2.30. The van der Waals surface area contributed by atoms with Crippen LogP contribution in [0.5, 0.6) is 5.75 Å². The quantitative estimate of drug-likeness (QED) is 0.785. The fraction of sp³-hybridized carbons (Fsp3) is 0.0769. The Hall–Kier alpha value is -2.32. The Bertz CT molecular complexity index is 939. The normalized spacial score (nSPS) is 11.5. The summed E-state index contributed by atoms with van der Waals surface area (Å²) >= 11 is 5.93. The number of fused-ring (bicyclic) bond motifs is 1. The molecule has 3 aromatic rings. The number of ether oxygens (including phenoxy) is 1. The molecule has 0 aliphatic rings. The molecule has 0 saturated carbocycles. The summed E-state index contributed by atoms with van der Waals surface area (Å²) in [6, 6.07) is 9.42. The van der Waals surface area contributed by atoms with Gasteiger partial charge in [0.25, 0.3) is 10.0 Å². The Kier molecular flexibility index (Phi) is 3.63. The van der Waals surface area contributed by atoms with Crippen molar-refractivity contribution >= 4 is 38.3 Å². The molecule has 1 aromatic heterocycles. The molecule has 0 fully saturated rings. The zero-order valence-corrected chi connectivity index (χ0v) is 12.9. The van der Waals surface area contributed by atoms with E-state index in [1.807, 2.05) is 0 Å². The van der Waals surface area contributed by atoms with E-state index in [0.29, 0.717) is 11.4 Å². The summed E-state index contributed by atoms with van der Waals surface area (Å²) in [5.74, 6) is 0.398. The van der Waals surface area contributed by atoms with Crippen molar-refractivity contribution in [1.29, 1.82) is 0 Å². The standard InChI is InChI=1S/C13H10ClN3O4S/c1-20-10-5-3-2-4-9(10)17-22(18,19)11-7-6-8(14)12-13(11)16-21-15-12/h2-7,17H,1H3. The van der Waals surface area contributed by atoms with Gasteiger partial charge in [0.05, 0.1) is 17.8 Å². The van der Waals surface area contributed by atoms with Crippen LogP contribution < -0.4 is 9.46 Å². The van der Waals surface area contributed by atoms with Crippen LogP contribution in [0.2, 0.25) is 5.02 Å². The second-order valence-corrected chi connectivity index (χ2v) is 6.37. The summed E-state index contributed by atoms with van der Waals surface area (Å²) in [6.45, 7) is 0. The molecule has 0 atom stereocenters. The third-order valence-electron chi connectivity index (χ3n) is 2.97. The summed E-state index contributed by atoms with van der Waals surface area (Å²) in [5, 5.41) is 7.46. The highest BCUT2D eigenvalue weighted by Gasteiger charge is 2.23. The predicted octanol–water partition coefficient (Wildman–Crippen LogP) is 2.69. The number of sulfonamides is 1. The number of nitrogens with zero attached hydrogens (tertiary/aromatic N) is 2. The highest BCUT2D eigenvalue weighted by molar-refractivity contribution is 7.93. The lowest BCUT2D eigenvalue weighted by molar-refractivity contribution is 0.315. The minimum absolute atomic E-state index is 0.0647. The van der Waals surface area contributed by atoms with Gasteiger partial charge < -0.3 is 4.74 Å². The number of para-hydroxylation sites is 2. The van der Waals surface area contributed by atoms with Gasteiger partial charge in [-0.3, -0.25) is 4.72 Å². The fourth-order valence-corrected chi connectivity index (χ4v) is 3.35. The van der Waals surface area contributed by atoms with Gasteiger partial charge in [-0.2, -0.15) is 0 Å². The summed E-state index contributed by atoms with van der Waals surface area (Å²) in [6.07, 6.45) is 0. The molecule has 22 heavy (non-hydrogen) atoms. The van der Waals surface area contributed by atoms with Crippen molar-refractivity contribution in [3.63, 3.8) is 0 Å². The SMILES string of the molecule is COc1ccccc1NS(=O)(=O)c1ccc(Cl)c2nonc12. The van der Waals surface area contributed by atoms with Crippen molar-refractivity contribution in [2.24, 2.45) is 0 Å². The Morgan fingerprint density at radius 1 is 1.14 bits per heavy atom. The first kappa shape index (κ1) is 14.6. The molecule has 3 rings (SSSR count). The van der Waals surface area contributed by atoms with E-state index in [-0.39, 0.29) is 21.0 Å². The molecule has 0 aliphatic heterocycles. The molecular weight excluding hydrogens is 330 g/mol. The summed E-state index contributed by atoms with van der Waals surface area (Å²) < 4.78 is 37.3. The number of benzene rings is 2. The van der Waals surface area contributed by atoms with Gasteiger partial charge in [0, 0.05) is 0 Å². The van der Waals surface area contributed by atoms with Crippen molar-refractivity contribution in [3.8, 4) is 5.75 Å². The first-order chi connectivity index (χ1) is 10.5. The molecule has 0 radical (unpaired) electrons. The number of nitrogens with one attached hydrogen (secondary N) is 1. The first-order valence-corrected chi connectivity index (χ1v) is 7.95. The topological polar surface area (TPSA) is 94.3 Å². The zero-order valence-electron chi connectivity index (χ0n) is 11.3. The molecule has 0 saturated heterocycles. The van der Waals surface area contributed by atoms with Crippen LogP contribution in [0.4, 0.5) is 5.69 Å². The molecule has 0 aliphatic carbocycles. The van der Waals surface area contributed by atoms with E-state index >= 15 is 0 Å². The molecule has 2 aromatic carbocycles. The minimum Gasteiger partial charge on any atom is -0.495 e. The molecule has 9 heteroatoms. The van der Waals surface area contributed by atoms with Gasteiger partial charge in [0.15, 0.2) is 11.0 Å². The Morgan fingerprint density at radius 2 is 1.86 bits per heavy atom. The van der Waals surface area contributed by atoms with Gasteiger partial charge in [-0.05, 0) is 34.6 Å². The molecular formula is C13H10ClN3O4S. The fourth-order valence-electron chi connectivity index (χ4n) is 1.96. The molecule has 114 valence electrons. The van der Waals surface area contributed by atoms with Crippen molar-refractivity contribution in [1.82, 2.24) is 10.3 Å². The van der Waals surface area contributed by atoms with Gasteiger partial charge in [0.2, 0.25) is 0 Å². The first-order valence-electron chi connectivity index (χ1n) is 6.09. The lowest BCUT2D eigenvalue weighted by Gasteiger charge is -2.11. The highest BCUT2D eigenvalue weighted by atomic mass is 35.5. The monoisotopic (exact) mass is 339 g/mol. The van der Waals surface area contributed by atoms with Crippen LogP contribution in [0.15, 0.2) is 45.9 Å². The van der Waals surface area contributed by atoms with Crippen LogP contribution in [0.1, 0.15) is 0 Å². The number of halogens is 1. The van der Waals surface area contributed by atoms with E-state index in [1.54, 1.807) is 24.3 Å². The molecule has 0 amide bonds. The lowest BCUT2D eigenvalue weighted by Crippen LogP contribution is -2.14. The minimum atomic E-state index is -3.91. The molecule has 0 unspecified atom stereocenters. The number of methoxy groups -OCH3 is 1. The lowest BCUT2D eigenvalue weighted by atomic mass is 10.3. The number of anilines is 1. The maximum Gasteiger partial charge on any atom is 0.264 e. The largest absolute Gasteiger partial charge is 0.495 e. The van der Waals surface area contributed by atoms with E-state index in [9.17, 15) is 8.42 Å². The molecule has 0 bridgehead atoms. The number of hydrogen-bond donors (Lipinski definition) is 1. The van der Waals surface area contributed by atoms with Crippen molar-refractivity contribution in [2.75, 3.05) is 11.8 Å². The van der Waals surface area contributed by atoms with Crippen LogP contribution in [-0.2, 0) is 10.0 Å². The zero-order chi connectivity index (χ0) is 15.7. The van der Waals surface area contributed by atoms with Crippen molar-refractivity contribution in [2.45, 2.75) is 4.90 Å². The summed E-state index contributed by atoms with van der Waals surface area (Å²) in [4.78, 5) is -0.0842. The Morgan fingerprint density at radius 3 is 2.64 bits per heavy atom. The summed E-state index contributed by atoms with van der Waals surface area (Å²) in [5.41, 5.74) is 0.559. The second kappa shape index (κ2) is 5.47. The molecule has 0 spiro atoms. The van der Waals surface area contributed by atoms with Gasteiger partial charge in [0.1, 0.15) is 10.6 Å². The number of hydrogen-bond acceptors (Lipinski definition) is 6. The van der Waals surface area contributed by atoms with E-state index in [4.69, 9.17) is 16.3 Å². The van der Waals surface area contributed by atoms with Gasteiger partial charge in [-0.25, -0.2) is 13.0 Å². The molecule has 1 heterocycles. The van der Waals surface area contributed by atoms with Gasteiger partial charge >= 0.3 is 0 Å². The van der Waals surface area contributed by atoms with E-state index in [0.717, 1.165) is 0 Å². The van der Waals surface area contributed by atoms with Crippen LogP contribution >= 0.6 is 11.6 Å². The van der Waals surface area contributed by atoms with Crippen molar-refractivity contribution in [3.05, 3.63) is 41.4 Å². The Balaban J connectivity index is 2.09. The number of rotatable bonds is 4. The van der Waals surface area contributed by atoms with Crippen LogP contribution in [-0.4, -0.2) is 25.8 Å². The predicted molar refractivity (Wildman–Crippen MR) is 80.6 cm³/mol. The maximum absolute atomic E-state index is 12.6. The Labute approximate surface area is 130 Å². The molecule has 1 N–H and O–H groups in total. The van der Waals surface area contributed by atoms with Crippen molar-refractivity contribution < 1.29 is 17.8 Å². The number of aromatic nitrogens is 2. The van der Waals surface area contributed by atoms with Gasteiger partial charge in [-0.15, -0.1) is 0 Å². The average Bonchev–Trinajstić information content (AvgIpc) is 2.97. The summed E-state index contributed by atoms with van der Waals surface area (Å²) in [7, 11) is -2.46. The third-order valence-corrected chi connectivity index (χ3v) is 4.67. The molecule has 7 nitrogen and oxygen atoms in total. The average molecular weight is 340 g/mol. The second-order valence-electron chi connectivity index (χ2n) is 4.31. The van der Waals surface area contributed by atoms with Crippen LogP contribution in [0.25, 0.3) is 11.0 Å².